The Morgan fingerprint density at radius 1 is 1.18 bits per heavy atom. The monoisotopic (exact) mass is 377 g/mol. The van der Waals surface area contributed by atoms with Crippen LogP contribution in [0.1, 0.15) is 21.8 Å². The third-order valence-electron chi connectivity index (χ3n) is 4.31. The van der Waals surface area contributed by atoms with Crippen molar-refractivity contribution >= 4 is 16.9 Å². The van der Waals surface area contributed by atoms with Crippen molar-refractivity contribution in [1.29, 1.82) is 0 Å². The molecule has 2 aromatic heterocycles. The maximum absolute atomic E-state index is 13.7. The second kappa shape index (κ2) is 7.21. The molecular formula is C21H16FN3O3. The SMILES string of the molecule is Cc1onc(-c2ccccc2)c1C(=O)Oc1cc(CN)nc2ccc(F)cc12. The molecule has 0 saturated carbocycles. The van der Waals surface area contributed by atoms with Gasteiger partial charge in [0.05, 0.1) is 11.2 Å². The van der Waals surface area contributed by atoms with Crippen LogP contribution in [-0.2, 0) is 6.54 Å². The normalized spacial score (nSPS) is 11.0. The molecular weight excluding hydrogens is 361 g/mol. The molecule has 28 heavy (non-hydrogen) atoms. The molecule has 0 spiro atoms. The highest BCUT2D eigenvalue weighted by molar-refractivity contribution is 6.00. The maximum atomic E-state index is 13.7. The number of hydrogen-bond acceptors (Lipinski definition) is 6. The highest BCUT2D eigenvalue weighted by Crippen LogP contribution is 2.30. The second-order valence-electron chi connectivity index (χ2n) is 6.20. The van der Waals surface area contributed by atoms with Gasteiger partial charge in [0.25, 0.3) is 0 Å². The molecule has 2 aromatic carbocycles. The molecule has 2 N–H and O–H groups in total. The van der Waals surface area contributed by atoms with Gasteiger partial charge in [0.1, 0.15) is 28.6 Å². The van der Waals surface area contributed by atoms with Crippen molar-refractivity contribution in [3.8, 4) is 17.0 Å². The Labute approximate surface area is 159 Å². The number of fused-ring (bicyclic) bond motifs is 1. The van der Waals surface area contributed by atoms with E-state index in [9.17, 15) is 9.18 Å². The fourth-order valence-corrected chi connectivity index (χ4v) is 2.96. The van der Waals surface area contributed by atoms with Crippen LogP contribution in [0.4, 0.5) is 4.39 Å². The molecule has 7 heteroatoms. The number of nitrogens with two attached hydrogens (primary N) is 1. The molecule has 6 nitrogen and oxygen atoms in total. The van der Waals surface area contributed by atoms with Gasteiger partial charge in [-0.05, 0) is 25.1 Å². The Kier molecular flexibility index (Phi) is 4.58. The number of rotatable bonds is 4. The van der Waals surface area contributed by atoms with Gasteiger partial charge in [-0.3, -0.25) is 4.98 Å². The number of aromatic nitrogens is 2. The summed E-state index contributed by atoms with van der Waals surface area (Å²) >= 11 is 0. The van der Waals surface area contributed by atoms with E-state index in [1.807, 2.05) is 30.3 Å². The van der Waals surface area contributed by atoms with Crippen LogP contribution < -0.4 is 10.5 Å². The Morgan fingerprint density at radius 3 is 2.71 bits per heavy atom. The summed E-state index contributed by atoms with van der Waals surface area (Å²) in [6.07, 6.45) is 0. The summed E-state index contributed by atoms with van der Waals surface area (Å²) in [7, 11) is 0. The van der Waals surface area contributed by atoms with Crippen LogP contribution in [-0.4, -0.2) is 16.1 Å². The lowest BCUT2D eigenvalue weighted by Crippen LogP contribution is -2.12. The molecule has 4 rings (SSSR count). The predicted molar refractivity (Wildman–Crippen MR) is 101 cm³/mol. The summed E-state index contributed by atoms with van der Waals surface area (Å²) in [5.74, 6) is -0.613. The average molecular weight is 377 g/mol. The van der Waals surface area contributed by atoms with Crippen molar-refractivity contribution in [1.82, 2.24) is 10.1 Å². The molecule has 0 fully saturated rings. The van der Waals surface area contributed by atoms with Gasteiger partial charge in [-0.2, -0.15) is 0 Å². The summed E-state index contributed by atoms with van der Waals surface area (Å²) in [6.45, 7) is 1.78. The van der Waals surface area contributed by atoms with Crippen molar-refractivity contribution in [3.63, 3.8) is 0 Å². The predicted octanol–water partition coefficient (Wildman–Crippen LogP) is 4.02. The Balaban J connectivity index is 1.78. The molecule has 0 aliphatic carbocycles. The van der Waals surface area contributed by atoms with Crippen LogP contribution >= 0.6 is 0 Å². The Hall–Kier alpha value is -3.58. The summed E-state index contributed by atoms with van der Waals surface area (Å²) < 4.78 is 24.6. The van der Waals surface area contributed by atoms with Crippen LogP contribution in [0.15, 0.2) is 59.1 Å². The van der Waals surface area contributed by atoms with E-state index >= 15 is 0 Å². The fraction of sp³-hybridized carbons (Fsp3) is 0.0952. The van der Waals surface area contributed by atoms with Crippen molar-refractivity contribution in [2.24, 2.45) is 5.73 Å². The lowest BCUT2D eigenvalue weighted by Gasteiger charge is -2.10. The van der Waals surface area contributed by atoms with E-state index in [-0.39, 0.29) is 17.9 Å². The average Bonchev–Trinajstić information content (AvgIpc) is 3.10. The van der Waals surface area contributed by atoms with Crippen molar-refractivity contribution in [2.45, 2.75) is 13.5 Å². The molecule has 0 aliphatic rings. The summed E-state index contributed by atoms with van der Waals surface area (Å²) in [5, 5.41) is 4.37. The lowest BCUT2D eigenvalue weighted by molar-refractivity contribution is 0.0736. The van der Waals surface area contributed by atoms with Gasteiger partial charge in [-0.1, -0.05) is 35.5 Å². The molecule has 0 radical (unpaired) electrons. The number of carbonyl (C=O) groups is 1. The smallest absolute Gasteiger partial charge is 0.349 e. The highest BCUT2D eigenvalue weighted by Gasteiger charge is 2.24. The molecule has 4 aromatic rings. The topological polar surface area (TPSA) is 91.2 Å². The first-order valence-electron chi connectivity index (χ1n) is 8.60. The highest BCUT2D eigenvalue weighted by atomic mass is 19.1. The quantitative estimate of drug-likeness (QED) is 0.540. The van der Waals surface area contributed by atoms with E-state index in [4.69, 9.17) is 15.0 Å². The van der Waals surface area contributed by atoms with Gasteiger partial charge < -0.3 is 15.0 Å². The molecule has 0 saturated heterocycles. The minimum atomic E-state index is -0.655. The van der Waals surface area contributed by atoms with Crippen LogP contribution in [0.3, 0.4) is 0 Å². The Bertz CT molecular complexity index is 1170. The van der Waals surface area contributed by atoms with E-state index in [2.05, 4.69) is 10.1 Å². The first-order chi connectivity index (χ1) is 13.6. The molecule has 0 atom stereocenters. The van der Waals surface area contributed by atoms with Crippen molar-refractivity contribution in [2.75, 3.05) is 0 Å². The second-order valence-corrected chi connectivity index (χ2v) is 6.20. The first kappa shape index (κ1) is 17.8. The third-order valence-corrected chi connectivity index (χ3v) is 4.31. The Morgan fingerprint density at radius 2 is 1.96 bits per heavy atom. The van der Waals surface area contributed by atoms with E-state index in [0.717, 1.165) is 5.56 Å². The number of nitrogens with zero attached hydrogens (tertiary/aromatic N) is 2. The van der Waals surface area contributed by atoms with E-state index < -0.39 is 11.8 Å². The van der Waals surface area contributed by atoms with Gasteiger partial charge in [0.15, 0.2) is 0 Å². The fourth-order valence-electron chi connectivity index (χ4n) is 2.96. The van der Waals surface area contributed by atoms with Gasteiger partial charge in [0.2, 0.25) is 0 Å². The van der Waals surface area contributed by atoms with Gasteiger partial charge in [-0.25, -0.2) is 9.18 Å². The summed E-state index contributed by atoms with van der Waals surface area (Å²) in [4.78, 5) is 17.3. The first-order valence-corrected chi connectivity index (χ1v) is 8.60. The lowest BCUT2D eigenvalue weighted by atomic mass is 10.1. The molecule has 2 heterocycles. The largest absolute Gasteiger partial charge is 0.422 e. The number of carbonyl (C=O) groups excluding carboxylic acids is 1. The number of hydrogen-bond donors (Lipinski definition) is 1. The minimum absolute atomic E-state index is 0.152. The molecule has 140 valence electrons. The third kappa shape index (κ3) is 3.23. The number of benzene rings is 2. The van der Waals surface area contributed by atoms with E-state index in [1.54, 1.807) is 6.92 Å². The van der Waals surface area contributed by atoms with Crippen molar-refractivity contribution < 1.29 is 18.4 Å². The molecule has 0 aliphatic heterocycles. The number of halogens is 1. The van der Waals surface area contributed by atoms with Crippen molar-refractivity contribution in [3.05, 3.63) is 77.4 Å². The van der Waals surface area contributed by atoms with Crippen LogP contribution in [0.25, 0.3) is 22.2 Å². The zero-order chi connectivity index (χ0) is 19.7. The number of esters is 1. The summed E-state index contributed by atoms with van der Waals surface area (Å²) in [5.41, 5.74) is 8.00. The maximum Gasteiger partial charge on any atom is 0.349 e. The summed E-state index contributed by atoms with van der Waals surface area (Å²) in [6, 6.07) is 14.8. The zero-order valence-corrected chi connectivity index (χ0v) is 15.0. The van der Waals surface area contributed by atoms with Crippen LogP contribution in [0.5, 0.6) is 5.75 Å². The van der Waals surface area contributed by atoms with E-state index in [0.29, 0.717) is 28.1 Å². The van der Waals surface area contributed by atoms with Gasteiger partial charge >= 0.3 is 5.97 Å². The molecule has 0 amide bonds. The van der Waals surface area contributed by atoms with Crippen LogP contribution in [0, 0.1) is 12.7 Å². The molecule has 0 bridgehead atoms. The number of aryl methyl sites for hydroxylation is 1. The van der Waals surface area contributed by atoms with Crippen LogP contribution in [0.2, 0.25) is 0 Å². The standard InChI is InChI=1S/C21H16FN3O3/c1-12-19(20(25-28-12)13-5-3-2-4-6-13)21(26)27-18-10-15(11-23)24-17-8-7-14(22)9-16(17)18/h2-10H,11,23H2,1H3. The number of ether oxygens (including phenoxy) is 1. The minimum Gasteiger partial charge on any atom is -0.422 e. The zero-order valence-electron chi connectivity index (χ0n) is 15.0. The molecule has 0 unspecified atom stereocenters. The van der Waals surface area contributed by atoms with Gasteiger partial charge in [0, 0.05) is 23.6 Å². The number of pyridine rings is 1. The van der Waals surface area contributed by atoms with Gasteiger partial charge in [-0.15, -0.1) is 0 Å². The van der Waals surface area contributed by atoms with E-state index in [1.165, 1.54) is 24.3 Å².